The summed E-state index contributed by atoms with van der Waals surface area (Å²) in [6, 6.07) is 4.53. The maximum absolute atomic E-state index is 13.8. The number of hydrogen-bond acceptors (Lipinski definition) is 4. The Morgan fingerprint density at radius 1 is 1.50 bits per heavy atom. The lowest BCUT2D eigenvalue weighted by Gasteiger charge is -1.99. The quantitative estimate of drug-likeness (QED) is 0.939. The zero-order valence-corrected chi connectivity index (χ0v) is 11.3. The molecule has 6 heteroatoms. The standard InChI is InChI=1S/C12H12ClFN2OS/c1-17-6-10-11(5-15)18-12(16-10)8-3-2-7(13)4-9(8)14/h2-4H,5-6,15H2,1H3. The van der Waals surface area contributed by atoms with Crippen LogP contribution in [-0.4, -0.2) is 12.1 Å². The number of halogens is 2. The van der Waals surface area contributed by atoms with Gasteiger partial charge in [-0.05, 0) is 18.2 Å². The van der Waals surface area contributed by atoms with Gasteiger partial charge in [-0.2, -0.15) is 0 Å². The van der Waals surface area contributed by atoms with E-state index in [1.54, 1.807) is 19.2 Å². The lowest BCUT2D eigenvalue weighted by Crippen LogP contribution is -1.99. The molecule has 0 spiro atoms. The Hall–Kier alpha value is -1.01. The van der Waals surface area contributed by atoms with E-state index < -0.39 is 0 Å². The Kier molecular flexibility index (Phi) is 4.29. The van der Waals surface area contributed by atoms with Gasteiger partial charge in [-0.3, -0.25) is 0 Å². The van der Waals surface area contributed by atoms with Gasteiger partial charge in [0.25, 0.3) is 0 Å². The summed E-state index contributed by atoms with van der Waals surface area (Å²) in [5.74, 6) is -0.385. The van der Waals surface area contributed by atoms with Crippen molar-refractivity contribution in [2.75, 3.05) is 7.11 Å². The van der Waals surface area contributed by atoms with E-state index in [0.29, 0.717) is 28.7 Å². The fraction of sp³-hybridized carbons (Fsp3) is 0.250. The summed E-state index contributed by atoms with van der Waals surface area (Å²) in [4.78, 5) is 5.27. The van der Waals surface area contributed by atoms with Crippen LogP contribution in [0, 0.1) is 5.82 Å². The molecule has 0 amide bonds. The zero-order chi connectivity index (χ0) is 13.1. The third-order valence-electron chi connectivity index (χ3n) is 2.41. The Morgan fingerprint density at radius 3 is 2.89 bits per heavy atom. The predicted molar refractivity (Wildman–Crippen MR) is 71.1 cm³/mol. The van der Waals surface area contributed by atoms with Crippen LogP contribution in [0.2, 0.25) is 5.02 Å². The van der Waals surface area contributed by atoms with Gasteiger partial charge in [0.1, 0.15) is 10.8 Å². The number of hydrogen-bond donors (Lipinski definition) is 1. The second-order valence-corrected chi connectivity index (χ2v) is 5.17. The van der Waals surface area contributed by atoms with Crippen LogP contribution < -0.4 is 5.73 Å². The number of benzene rings is 1. The molecule has 0 aliphatic rings. The maximum Gasteiger partial charge on any atom is 0.134 e. The molecule has 0 saturated heterocycles. The molecule has 1 heterocycles. The predicted octanol–water partition coefficient (Wildman–Crippen LogP) is 3.21. The third kappa shape index (κ3) is 2.70. The molecule has 0 unspecified atom stereocenters. The monoisotopic (exact) mass is 286 g/mol. The van der Waals surface area contributed by atoms with Crippen molar-refractivity contribution >= 4 is 22.9 Å². The highest BCUT2D eigenvalue weighted by Gasteiger charge is 2.14. The highest BCUT2D eigenvalue weighted by molar-refractivity contribution is 7.15. The molecule has 2 aromatic rings. The van der Waals surface area contributed by atoms with E-state index >= 15 is 0 Å². The van der Waals surface area contributed by atoms with Crippen LogP contribution in [0.5, 0.6) is 0 Å². The summed E-state index contributed by atoms with van der Waals surface area (Å²) < 4.78 is 18.8. The van der Waals surface area contributed by atoms with E-state index in [2.05, 4.69) is 4.98 Å². The van der Waals surface area contributed by atoms with E-state index in [9.17, 15) is 4.39 Å². The number of methoxy groups -OCH3 is 1. The minimum absolute atomic E-state index is 0.365. The Balaban J connectivity index is 2.44. The molecule has 1 aromatic carbocycles. The normalized spacial score (nSPS) is 10.9. The third-order valence-corrected chi connectivity index (χ3v) is 3.79. The van der Waals surface area contributed by atoms with Crippen molar-refractivity contribution in [3.8, 4) is 10.6 Å². The molecule has 0 aliphatic heterocycles. The van der Waals surface area contributed by atoms with Gasteiger partial charge >= 0.3 is 0 Å². The smallest absolute Gasteiger partial charge is 0.134 e. The number of thiazole rings is 1. The van der Waals surface area contributed by atoms with Gasteiger partial charge < -0.3 is 10.5 Å². The largest absolute Gasteiger partial charge is 0.378 e. The number of nitrogens with two attached hydrogens (primary N) is 1. The number of aromatic nitrogens is 1. The summed E-state index contributed by atoms with van der Waals surface area (Å²) in [5, 5.41) is 0.959. The highest BCUT2D eigenvalue weighted by Crippen LogP contribution is 2.31. The lowest BCUT2D eigenvalue weighted by atomic mass is 10.2. The Bertz CT molecular complexity index is 559. The second kappa shape index (κ2) is 5.75. The van der Waals surface area contributed by atoms with Gasteiger partial charge in [0.2, 0.25) is 0 Å². The first-order valence-corrected chi connectivity index (χ1v) is 6.48. The van der Waals surface area contributed by atoms with Crippen LogP contribution in [0.3, 0.4) is 0 Å². The topological polar surface area (TPSA) is 48.1 Å². The summed E-state index contributed by atoms with van der Waals surface area (Å²) in [5.41, 5.74) is 6.83. The molecule has 2 N–H and O–H groups in total. The van der Waals surface area contributed by atoms with Crippen molar-refractivity contribution in [1.82, 2.24) is 4.98 Å². The molecule has 3 nitrogen and oxygen atoms in total. The first-order valence-electron chi connectivity index (χ1n) is 5.28. The van der Waals surface area contributed by atoms with Gasteiger partial charge in [0.05, 0.1) is 12.3 Å². The highest BCUT2D eigenvalue weighted by atomic mass is 35.5. The molecule has 1 aromatic heterocycles. The molecule has 0 aliphatic carbocycles. The molecular weight excluding hydrogens is 275 g/mol. The SMILES string of the molecule is COCc1nc(-c2ccc(Cl)cc2F)sc1CN. The van der Waals surface area contributed by atoms with Gasteiger partial charge in [-0.1, -0.05) is 11.6 Å². The first kappa shape index (κ1) is 13.4. The summed E-state index contributed by atoms with van der Waals surface area (Å²) in [6.45, 7) is 0.740. The molecule has 0 radical (unpaired) electrons. The van der Waals surface area contributed by atoms with Gasteiger partial charge in [0, 0.05) is 29.1 Å². The number of ether oxygens (including phenoxy) is 1. The maximum atomic E-state index is 13.8. The van der Waals surface area contributed by atoms with E-state index in [-0.39, 0.29) is 5.82 Å². The molecule has 0 atom stereocenters. The summed E-state index contributed by atoms with van der Waals surface area (Å²) in [6.07, 6.45) is 0. The fourth-order valence-corrected chi connectivity index (χ4v) is 2.70. The van der Waals surface area contributed by atoms with Crippen LogP contribution in [0.1, 0.15) is 10.6 Å². The zero-order valence-electron chi connectivity index (χ0n) is 9.74. The minimum atomic E-state index is -0.385. The van der Waals surface area contributed by atoms with Crippen molar-refractivity contribution < 1.29 is 9.13 Å². The van der Waals surface area contributed by atoms with Gasteiger partial charge in [0.15, 0.2) is 0 Å². The van der Waals surface area contributed by atoms with Crippen LogP contribution in [0.25, 0.3) is 10.6 Å². The van der Waals surface area contributed by atoms with Crippen molar-refractivity contribution in [1.29, 1.82) is 0 Å². The Labute approximate surface area is 113 Å². The fourth-order valence-electron chi connectivity index (χ4n) is 1.57. The number of nitrogens with zero attached hydrogens (tertiary/aromatic N) is 1. The summed E-state index contributed by atoms with van der Waals surface area (Å²) >= 11 is 7.09. The second-order valence-electron chi connectivity index (χ2n) is 3.65. The van der Waals surface area contributed by atoms with E-state index in [1.165, 1.54) is 17.4 Å². The first-order chi connectivity index (χ1) is 8.65. The molecule has 96 valence electrons. The number of rotatable bonds is 4. The van der Waals surface area contributed by atoms with Crippen molar-refractivity contribution in [3.05, 3.63) is 39.6 Å². The lowest BCUT2D eigenvalue weighted by molar-refractivity contribution is 0.181. The van der Waals surface area contributed by atoms with Gasteiger partial charge in [-0.15, -0.1) is 11.3 Å². The van der Waals surface area contributed by atoms with E-state index in [0.717, 1.165) is 10.6 Å². The average Bonchev–Trinajstić information content (AvgIpc) is 2.72. The van der Waals surface area contributed by atoms with Crippen molar-refractivity contribution in [2.45, 2.75) is 13.2 Å². The van der Waals surface area contributed by atoms with Crippen molar-refractivity contribution in [3.63, 3.8) is 0 Å². The molecule has 0 fully saturated rings. The van der Waals surface area contributed by atoms with Crippen LogP contribution in [-0.2, 0) is 17.9 Å². The van der Waals surface area contributed by atoms with Crippen LogP contribution in [0.15, 0.2) is 18.2 Å². The van der Waals surface area contributed by atoms with Crippen LogP contribution in [0.4, 0.5) is 4.39 Å². The van der Waals surface area contributed by atoms with Crippen molar-refractivity contribution in [2.24, 2.45) is 5.73 Å². The molecule has 0 bridgehead atoms. The Morgan fingerprint density at radius 2 is 2.28 bits per heavy atom. The molecule has 2 rings (SSSR count). The van der Waals surface area contributed by atoms with Gasteiger partial charge in [-0.25, -0.2) is 9.37 Å². The molecule has 18 heavy (non-hydrogen) atoms. The minimum Gasteiger partial charge on any atom is -0.378 e. The van der Waals surface area contributed by atoms with E-state index in [1.807, 2.05) is 0 Å². The van der Waals surface area contributed by atoms with Crippen LogP contribution >= 0.6 is 22.9 Å². The molecular formula is C12H12ClFN2OS. The summed E-state index contributed by atoms with van der Waals surface area (Å²) in [7, 11) is 1.59. The average molecular weight is 287 g/mol. The van der Waals surface area contributed by atoms with E-state index in [4.69, 9.17) is 22.1 Å². The molecule has 0 saturated carbocycles.